The van der Waals surface area contributed by atoms with E-state index < -0.39 is 0 Å². The Morgan fingerprint density at radius 1 is 1.23 bits per heavy atom. The molecule has 0 aliphatic rings. The Morgan fingerprint density at radius 2 is 2.00 bits per heavy atom. The first-order valence-corrected chi connectivity index (χ1v) is 4.25. The fourth-order valence-corrected chi connectivity index (χ4v) is 1.22. The highest BCUT2D eigenvalue weighted by Crippen LogP contribution is 2.13. The van der Waals surface area contributed by atoms with E-state index in [0.29, 0.717) is 0 Å². The highest BCUT2D eigenvalue weighted by Gasteiger charge is 2.02. The summed E-state index contributed by atoms with van der Waals surface area (Å²) >= 11 is 0. The van der Waals surface area contributed by atoms with Gasteiger partial charge in [-0.2, -0.15) is 10.2 Å². The molecule has 0 aliphatic carbocycles. The minimum atomic E-state index is -0.0582. The lowest BCUT2D eigenvalue weighted by atomic mass is 10.1. The largest absolute Gasteiger partial charge is 0.323 e. The summed E-state index contributed by atoms with van der Waals surface area (Å²) in [6.07, 6.45) is 0. The molecule has 1 unspecified atom stereocenters. The van der Waals surface area contributed by atoms with Gasteiger partial charge in [-0.1, -0.05) is 18.2 Å². The van der Waals surface area contributed by atoms with E-state index in [1.54, 1.807) is 0 Å². The third-order valence-corrected chi connectivity index (χ3v) is 1.98. The van der Waals surface area contributed by atoms with Gasteiger partial charge < -0.3 is 5.73 Å². The summed E-state index contributed by atoms with van der Waals surface area (Å²) in [5.74, 6) is 0. The van der Waals surface area contributed by atoms with Crippen molar-refractivity contribution in [3.05, 3.63) is 36.0 Å². The number of hydrogen-bond acceptors (Lipinski definition) is 3. The lowest BCUT2D eigenvalue weighted by molar-refractivity contribution is 0.759. The van der Waals surface area contributed by atoms with E-state index in [1.165, 1.54) is 0 Å². The first-order chi connectivity index (χ1) is 6.27. The predicted molar refractivity (Wildman–Crippen MR) is 52.1 cm³/mol. The molecule has 0 fully saturated rings. The van der Waals surface area contributed by atoms with Gasteiger partial charge in [0.1, 0.15) is 0 Å². The van der Waals surface area contributed by atoms with E-state index in [9.17, 15) is 0 Å². The molecule has 0 spiro atoms. The maximum absolute atomic E-state index is 5.70. The first-order valence-electron chi connectivity index (χ1n) is 4.25. The van der Waals surface area contributed by atoms with Crippen molar-refractivity contribution in [2.24, 2.45) is 5.73 Å². The SMILES string of the molecule is CC(N)c1cc2ccccc2nn1. The number of nitrogens with two attached hydrogens (primary N) is 1. The minimum absolute atomic E-state index is 0.0582. The van der Waals surface area contributed by atoms with E-state index in [4.69, 9.17) is 5.73 Å². The second-order valence-electron chi connectivity index (χ2n) is 3.12. The van der Waals surface area contributed by atoms with Gasteiger partial charge in [0.05, 0.1) is 11.2 Å². The van der Waals surface area contributed by atoms with E-state index in [0.717, 1.165) is 16.6 Å². The van der Waals surface area contributed by atoms with Crippen molar-refractivity contribution in [2.45, 2.75) is 13.0 Å². The molecule has 2 rings (SSSR count). The standard InChI is InChI=1S/C10H11N3/c1-7(11)10-6-8-4-2-3-5-9(8)12-13-10/h2-7H,11H2,1H3. The molecule has 2 N–H and O–H groups in total. The average molecular weight is 173 g/mol. The lowest BCUT2D eigenvalue weighted by Crippen LogP contribution is -2.07. The average Bonchev–Trinajstić information content (AvgIpc) is 2.17. The topological polar surface area (TPSA) is 51.8 Å². The molecule has 1 heterocycles. The van der Waals surface area contributed by atoms with Crippen LogP contribution >= 0.6 is 0 Å². The third-order valence-electron chi connectivity index (χ3n) is 1.98. The van der Waals surface area contributed by atoms with E-state index in [1.807, 2.05) is 37.3 Å². The van der Waals surface area contributed by atoms with Crippen LogP contribution in [0.1, 0.15) is 18.7 Å². The quantitative estimate of drug-likeness (QED) is 0.713. The molecule has 1 aromatic carbocycles. The van der Waals surface area contributed by atoms with Gasteiger partial charge in [-0.25, -0.2) is 0 Å². The third kappa shape index (κ3) is 1.51. The summed E-state index contributed by atoms with van der Waals surface area (Å²) < 4.78 is 0. The highest BCUT2D eigenvalue weighted by atomic mass is 15.1. The Balaban J connectivity index is 2.62. The van der Waals surface area contributed by atoms with Gasteiger partial charge in [0.2, 0.25) is 0 Å². The number of benzene rings is 1. The molecule has 0 aliphatic heterocycles. The van der Waals surface area contributed by atoms with Gasteiger partial charge in [0.15, 0.2) is 0 Å². The monoisotopic (exact) mass is 173 g/mol. The molecule has 1 atom stereocenters. The van der Waals surface area contributed by atoms with Crippen molar-refractivity contribution in [1.82, 2.24) is 10.2 Å². The van der Waals surface area contributed by atoms with Crippen LogP contribution in [0.5, 0.6) is 0 Å². The Kier molecular flexibility index (Phi) is 1.94. The Morgan fingerprint density at radius 3 is 2.77 bits per heavy atom. The molecule has 0 amide bonds. The zero-order chi connectivity index (χ0) is 9.26. The van der Waals surface area contributed by atoms with Crippen LogP contribution in [-0.2, 0) is 0 Å². The van der Waals surface area contributed by atoms with Crippen LogP contribution in [0.15, 0.2) is 30.3 Å². The molecule has 0 saturated heterocycles. The van der Waals surface area contributed by atoms with Crippen LogP contribution in [0, 0.1) is 0 Å². The van der Waals surface area contributed by atoms with Crippen LogP contribution in [-0.4, -0.2) is 10.2 Å². The predicted octanol–water partition coefficient (Wildman–Crippen LogP) is 1.65. The molecule has 0 saturated carbocycles. The molecule has 3 nitrogen and oxygen atoms in total. The van der Waals surface area contributed by atoms with Crippen molar-refractivity contribution < 1.29 is 0 Å². The lowest BCUT2D eigenvalue weighted by Gasteiger charge is -2.03. The molecule has 13 heavy (non-hydrogen) atoms. The minimum Gasteiger partial charge on any atom is -0.323 e. The summed E-state index contributed by atoms with van der Waals surface area (Å²) in [4.78, 5) is 0. The van der Waals surface area contributed by atoms with Crippen molar-refractivity contribution >= 4 is 10.9 Å². The van der Waals surface area contributed by atoms with Crippen molar-refractivity contribution in [3.8, 4) is 0 Å². The van der Waals surface area contributed by atoms with Crippen molar-refractivity contribution in [2.75, 3.05) is 0 Å². The summed E-state index contributed by atoms with van der Waals surface area (Å²) in [6.45, 7) is 1.90. The first kappa shape index (κ1) is 8.13. The van der Waals surface area contributed by atoms with Crippen molar-refractivity contribution in [3.63, 3.8) is 0 Å². The van der Waals surface area contributed by atoms with Crippen LogP contribution in [0.3, 0.4) is 0 Å². The van der Waals surface area contributed by atoms with Gasteiger partial charge in [-0.15, -0.1) is 0 Å². The summed E-state index contributed by atoms with van der Waals surface area (Å²) in [7, 11) is 0. The fraction of sp³-hybridized carbons (Fsp3) is 0.200. The summed E-state index contributed by atoms with van der Waals surface area (Å²) in [5, 5.41) is 9.19. The second-order valence-corrected chi connectivity index (χ2v) is 3.12. The Labute approximate surface area is 76.6 Å². The van der Waals surface area contributed by atoms with E-state index >= 15 is 0 Å². The molecular formula is C10H11N3. The van der Waals surface area contributed by atoms with Gasteiger partial charge in [-0.3, -0.25) is 0 Å². The molecule has 0 bridgehead atoms. The second kappa shape index (κ2) is 3.11. The normalized spacial score (nSPS) is 13.1. The molecule has 66 valence electrons. The molecule has 3 heteroatoms. The maximum atomic E-state index is 5.70. The fourth-order valence-electron chi connectivity index (χ4n) is 1.22. The zero-order valence-corrected chi connectivity index (χ0v) is 7.44. The number of fused-ring (bicyclic) bond motifs is 1. The number of aromatic nitrogens is 2. The Hall–Kier alpha value is -1.48. The van der Waals surface area contributed by atoms with Crippen LogP contribution < -0.4 is 5.73 Å². The van der Waals surface area contributed by atoms with E-state index in [2.05, 4.69) is 10.2 Å². The smallest absolute Gasteiger partial charge is 0.0929 e. The molecule has 2 aromatic rings. The van der Waals surface area contributed by atoms with E-state index in [-0.39, 0.29) is 6.04 Å². The Bertz CT molecular complexity index is 423. The number of nitrogens with zero attached hydrogens (tertiary/aromatic N) is 2. The maximum Gasteiger partial charge on any atom is 0.0929 e. The van der Waals surface area contributed by atoms with Crippen LogP contribution in [0.4, 0.5) is 0 Å². The highest BCUT2D eigenvalue weighted by molar-refractivity contribution is 5.77. The number of hydrogen-bond donors (Lipinski definition) is 1. The van der Waals surface area contributed by atoms with Gasteiger partial charge in [0.25, 0.3) is 0 Å². The molecular weight excluding hydrogens is 162 g/mol. The van der Waals surface area contributed by atoms with Gasteiger partial charge >= 0.3 is 0 Å². The summed E-state index contributed by atoms with van der Waals surface area (Å²) in [5.41, 5.74) is 7.44. The van der Waals surface area contributed by atoms with Crippen LogP contribution in [0.2, 0.25) is 0 Å². The van der Waals surface area contributed by atoms with Gasteiger partial charge in [-0.05, 0) is 19.1 Å². The molecule has 1 aromatic heterocycles. The van der Waals surface area contributed by atoms with Gasteiger partial charge in [0, 0.05) is 11.4 Å². The molecule has 0 radical (unpaired) electrons. The van der Waals surface area contributed by atoms with Crippen LogP contribution in [0.25, 0.3) is 10.9 Å². The van der Waals surface area contributed by atoms with Crippen molar-refractivity contribution in [1.29, 1.82) is 0 Å². The number of rotatable bonds is 1. The summed E-state index contributed by atoms with van der Waals surface area (Å²) in [6, 6.07) is 9.80. The zero-order valence-electron chi connectivity index (χ0n) is 7.44.